The smallest absolute Gasteiger partial charge is 0.327 e. The predicted molar refractivity (Wildman–Crippen MR) is 107 cm³/mol. The maximum absolute atomic E-state index is 9.64. The number of aliphatic hydroxyl groups excluding tert-OH is 1. The lowest BCUT2D eigenvalue weighted by atomic mass is 10.0. The molecule has 0 rings (SSSR count). The first-order chi connectivity index (χ1) is 12.2. The zero-order valence-electron chi connectivity index (χ0n) is 16.2. The summed E-state index contributed by atoms with van der Waals surface area (Å²) in [7, 11) is -2.30. The van der Waals surface area contributed by atoms with E-state index >= 15 is 0 Å². The summed E-state index contributed by atoms with van der Waals surface area (Å²) in [5.41, 5.74) is 0. The van der Waals surface area contributed by atoms with Crippen molar-refractivity contribution in [2.75, 3.05) is 6.61 Å². The van der Waals surface area contributed by atoms with Gasteiger partial charge in [-0.3, -0.25) is 0 Å². The predicted octanol–water partition coefficient (Wildman–Crippen LogP) is 6.00. The summed E-state index contributed by atoms with van der Waals surface area (Å²) in [5.74, 6) is 0. The van der Waals surface area contributed by atoms with Crippen LogP contribution in [0.5, 0.6) is 0 Å². The molecule has 0 amide bonds. The molecule has 0 bridgehead atoms. The molecular formula is C20H41O4P. The molecule has 0 aliphatic rings. The van der Waals surface area contributed by atoms with E-state index in [1.807, 2.05) is 6.08 Å². The molecule has 0 aromatic heterocycles. The Balaban J connectivity index is 3.19. The maximum atomic E-state index is 9.64. The van der Waals surface area contributed by atoms with Gasteiger partial charge in [-0.05, 0) is 12.8 Å². The van der Waals surface area contributed by atoms with Crippen molar-refractivity contribution in [1.29, 1.82) is 0 Å². The third kappa shape index (κ3) is 22.0. The summed E-state index contributed by atoms with van der Waals surface area (Å²) in [5, 5.41) is 9.64. The molecule has 0 saturated carbocycles. The first-order valence-corrected chi connectivity index (χ1v) is 11.5. The largest absolute Gasteiger partial charge is 0.389 e. The fourth-order valence-electron chi connectivity index (χ4n) is 2.88. The Morgan fingerprint density at radius 1 is 0.800 bits per heavy atom. The average molecular weight is 377 g/mol. The first kappa shape index (κ1) is 25.0. The summed E-state index contributed by atoms with van der Waals surface area (Å²) in [6, 6.07) is 0. The fourth-order valence-corrected chi connectivity index (χ4v) is 3.15. The van der Waals surface area contributed by atoms with Crippen LogP contribution in [0.25, 0.3) is 0 Å². The van der Waals surface area contributed by atoms with E-state index in [-0.39, 0.29) is 6.61 Å². The van der Waals surface area contributed by atoms with Crippen LogP contribution in [0.2, 0.25) is 0 Å². The van der Waals surface area contributed by atoms with Crippen molar-refractivity contribution in [2.24, 2.45) is 0 Å². The molecule has 0 aliphatic heterocycles. The maximum Gasteiger partial charge on any atom is 0.327 e. The molecule has 3 N–H and O–H groups in total. The zero-order chi connectivity index (χ0) is 18.6. The number of unbranched alkanes of at least 4 members (excludes halogenated alkanes) is 13. The van der Waals surface area contributed by atoms with Gasteiger partial charge in [0.05, 0.1) is 12.7 Å². The van der Waals surface area contributed by atoms with Gasteiger partial charge in [-0.15, -0.1) is 0 Å². The highest BCUT2D eigenvalue weighted by Crippen LogP contribution is 2.24. The summed E-state index contributed by atoms with van der Waals surface area (Å²) >= 11 is 0. The Labute approximate surface area is 156 Å². The molecule has 5 heteroatoms. The molecular weight excluding hydrogens is 335 g/mol. The minimum absolute atomic E-state index is 0.170. The van der Waals surface area contributed by atoms with E-state index in [1.165, 1.54) is 83.5 Å². The summed E-state index contributed by atoms with van der Waals surface area (Å²) < 4.78 is 4.62. The standard InChI is InChI=1S/C20H41O4P/c1-2-3-4-5-6-7-8-9-10-11-12-13-14-15-16-17-20(21)18-19-24-25(22)23/h16-17,20-23H,2-15,18-19H2,1H3/b17-16+/t20-/m1/s1. The number of aliphatic hydroxyl groups is 1. The third-order valence-corrected chi connectivity index (χ3v) is 4.87. The van der Waals surface area contributed by atoms with Gasteiger partial charge in [0.15, 0.2) is 0 Å². The topological polar surface area (TPSA) is 69.9 Å². The van der Waals surface area contributed by atoms with Crippen LogP contribution in [-0.4, -0.2) is 27.6 Å². The van der Waals surface area contributed by atoms with Gasteiger partial charge in [-0.1, -0.05) is 96.1 Å². The van der Waals surface area contributed by atoms with Gasteiger partial charge in [0, 0.05) is 6.42 Å². The zero-order valence-corrected chi connectivity index (χ0v) is 17.1. The molecule has 25 heavy (non-hydrogen) atoms. The van der Waals surface area contributed by atoms with E-state index in [9.17, 15) is 5.11 Å². The van der Waals surface area contributed by atoms with Crippen molar-refractivity contribution >= 4 is 8.60 Å². The van der Waals surface area contributed by atoms with Gasteiger partial charge in [0.1, 0.15) is 0 Å². The SMILES string of the molecule is CCCCCCCCCCCCCCC/C=C/[C@@H](O)CCOP(O)O. The van der Waals surface area contributed by atoms with Crippen LogP contribution in [0.3, 0.4) is 0 Å². The van der Waals surface area contributed by atoms with Crippen LogP contribution < -0.4 is 0 Å². The van der Waals surface area contributed by atoms with Crippen molar-refractivity contribution in [2.45, 2.75) is 109 Å². The summed E-state index contributed by atoms with van der Waals surface area (Å²) in [4.78, 5) is 17.2. The van der Waals surface area contributed by atoms with Crippen LogP contribution in [0.4, 0.5) is 0 Å². The monoisotopic (exact) mass is 376 g/mol. The molecule has 150 valence electrons. The second-order valence-corrected chi connectivity index (χ2v) is 7.67. The molecule has 0 fully saturated rings. The van der Waals surface area contributed by atoms with E-state index in [1.54, 1.807) is 6.08 Å². The van der Waals surface area contributed by atoms with Crippen molar-refractivity contribution in [1.82, 2.24) is 0 Å². The molecule has 1 atom stereocenters. The quantitative estimate of drug-likeness (QED) is 0.147. The Morgan fingerprint density at radius 2 is 1.28 bits per heavy atom. The van der Waals surface area contributed by atoms with Crippen LogP contribution in [-0.2, 0) is 4.52 Å². The molecule has 0 aliphatic carbocycles. The molecule has 0 radical (unpaired) electrons. The van der Waals surface area contributed by atoms with Gasteiger partial charge in [-0.2, -0.15) is 0 Å². The van der Waals surface area contributed by atoms with Crippen molar-refractivity contribution in [3.63, 3.8) is 0 Å². The molecule has 0 spiro atoms. The van der Waals surface area contributed by atoms with Crippen LogP contribution in [0.15, 0.2) is 12.2 Å². The van der Waals surface area contributed by atoms with Crippen LogP contribution in [0.1, 0.15) is 103 Å². The number of hydrogen-bond donors (Lipinski definition) is 3. The highest BCUT2D eigenvalue weighted by molar-refractivity contribution is 7.39. The lowest BCUT2D eigenvalue weighted by Crippen LogP contribution is -2.05. The highest BCUT2D eigenvalue weighted by Gasteiger charge is 2.02. The van der Waals surface area contributed by atoms with E-state index in [0.29, 0.717) is 6.42 Å². The Hall–Kier alpha value is 0.0100. The molecule has 4 nitrogen and oxygen atoms in total. The minimum atomic E-state index is -2.30. The van der Waals surface area contributed by atoms with Gasteiger partial charge < -0.3 is 19.4 Å². The Bertz CT molecular complexity index is 285. The second-order valence-electron chi connectivity index (χ2n) is 6.90. The minimum Gasteiger partial charge on any atom is -0.389 e. The second kappa shape index (κ2) is 20.3. The molecule has 0 saturated heterocycles. The number of rotatable bonds is 19. The van der Waals surface area contributed by atoms with Gasteiger partial charge in [-0.25, -0.2) is 0 Å². The Kier molecular flexibility index (Phi) is 20.3. The lowest BCUT2D eigenvalue weighted by molar-refractivity contribution is 0.168. The summed E-state index contributed by atoms with van der Waals surface area (Å²) in [6.07, 6.45) is 22.3. The lowest BCUT2D eigenvalue weighted by Gasteiger charge is -2.06. The van der Waals surface area contributed by atoms with Gasteiger partial charge >= 0.3 is 8.60 Å². The molecule has 0 aromatic carbocycles. The first-order valence-electron chi connectivity index (χ1n) is 10.3. The number of hydrogen-bond acceptors (Lipinski definition) is 4. The number of allylic oxidation sites excluding steroid dienone is 1. The molecule has 0 unspecified atom stereocenters. The van der Waals surface area contributed by atoms with Crippen LogP contribution >= 0.6 is 8.60 Å². The van der Waals surface area contributed by atoms with Crippen molar-refractivity contribution in [3.05, 3.63) is 12.2 Å². The molecule has 0 aromatic rings. The van der Waals surface area contributed by atoms with Crippen molar-refractivity contribution in [3.8, 4) is 0 Å². The normalized spacial score (nSPS) is 13.2. The van der Waals surface area contributed by atoms with Gasteiger partial charge in [0.2, 0.25) is 0 Å². The molecule has 0 heterocycles. The van der Waals surface area contributed by atoms with Gasteiger partial charge in [0.25, 0.3) is 0 Å². The fraction of sp³-hybridized carbons (Fsp3) is 0.900. The average Bonchev–Trinajstić information content (AvgIpc) is 2.58. The Morgan fingerprint density at radius 3 is 1.76 bits per heavy atom. The van der Waals surface area contributed by atoms with E-state index in [2.05, 4.69) is 11.4 Å². The van der Waals surface area contributed by atoms with E-state index in [0.717, 1.165) is 6.42 Å². The van der Waals surface area contributed by atoms with Crippen LogP contribution in [0, 0.1) is 0 Å². The highest BCUT2D eigenvalue weighted by atomic mass is 31.2. The van der Waals surface area contributed by atoms with Crippen molar-refractivity contribution < 1.29 is 19.4 Å². The summed E-state index contributed by atoms with van der Waals surface area (Å²) in [6.45, 7) is 2.44. The third-order valence-electron chi connectivity index (χ3n) is 4.45. The van der Waals surface area contributed by atoms with E-state index < -0.39 is 14.7 Å². The van der Waals surface area contributed by atoms with E-state index in [4.69, 9.17) is 9.79 Å².